The lowest BCUT2D eigenvalue weighted by atomic mass is 9.88. The number of amides is 3. The quantitative estimate of drug-likeness (QED) is 0.284. The van der Waals surface area contributed by atoms with Gasteiger partial charge in [0, 0.05) is 55.9 Å². The number of urea groups is 1. The molecule has 10 nitrogen and oxygen atoms in total. The molecule has 2 bridgehead atoms. The molecule has 3 aliphatic heterocycles. The normalized spacial score (nSPS) is 21.9. The fourth-order valence-electron chi connectivity index (χ4n) is 6.03. The van der Waals surface area contributed by atoms with E-state index in [4.69, 9.17) is 9.57 Å². The molecule has 214 valence electrons. The lowest BCUT2D eigenvalue weighted by Gasteiger charge is -2.45. The number of hydrogen-bond acceptors (Lipinski definition) is 6. The van der Waals surface area contributed by atoms with E-state index in [-0.39, 0.29) is 24.1 Å². The molecule has 2 aromatic carbocycles. The SMILES string of the molecule is C=CC(=O)Nc1ccc2c3c(n(Cc4ccc(C(=C)NOC5CCCCO5)cc4)c2c1)CN1CC3C(O)N(C)C1=O. The molecular formula is C31H35N5O5. The topological polar surface area (TPSA) is 108 Å². The van der Waals surface area contributed by atoms with Crippen molar-refractivity contribution in [3.8, 4) is 0 Å². The second-order valence-electron chi connectivity index (χ2n) is 10.9. The van der Waals surface area contributed by atoms with Gasteiger partial charge in [0.25, 0.3) is 0 Å². The first-order valence-electron chi connectivity index (χ1n) is 13.9. The summed E-state index contributed by atoms with van der Waals surface area (Å²) in [5.74, 6) is -0.538. The molecule has 6 rings (SSSR count). The van der Waals surface area contributed by atoms with Crippen molar-refractivity contribution in [3.05, 3.63) is 84.1 Å². The van der Waals surface area contributed by atoms with E-state index in [1.807, 2.05) is 42.5 Å². The highest BCUT2D eigenvalue weighted by Gasteiger charge is 2.44. The van der Waals surface area contributed by atoms with Crippen LogP contribution in [0.2, 0.25) is 0 Å². The van der Waals surface area contributed by atoms with Gasteiger partial charge in [-0.1, -0.05) is 43.5 Å². The second-order valence-corrected chi connectivity index (χ2v) is 10.9. The van der Waals surface area contributed by atoms with E-state index in [2.05, 4.69) is 28.5 Å². The fraction of sp³-hybridized carbons (Fsp3) is 0.355. The third-order valence-corrected chi connectivity index (χ3v) is 8.22. The maximum absolute atomic E-state index is 12.9. The number of nitrogens with one attached hydrogen (secondary N) is 2. The summed E-state index contributed by atoms with van der Waals surface area (Å²) in [4.78, 5) is 33.8. The van der Waals surface area contributed by atoms with Crippen LogP contribution in [0.4, 0.5) is 10.5 Å². The van der Waals surface area contributed by atoms with Gasteiger partial charge in [-0.3, -0.25) is 10.3 Å². The molecule has 41 heavy (non-hydrogen) atoms. The minimum atomic E-state index is -0.920. The number of fused-ring (bicyclic) bond motifs is 6. The molecule has 0 radical (unpaired) electrons. The minimum absolute atomic E-state index is 0.189. The zero-order chi connectivity index (χ0) is 28.7. The standard InChI is InChI=1S/C31H35N5O5/c1-4-27(37)32-22-12-13-23-25(15-22)36(26-18-35-17-24(29(23)26)30(38)34(3)31(35)39)16-20-8-10-21(11-9-20)19(2)33-41-28-7-5-6-14-40-28/h4,8-13,15,24,28,30,33,38H,1-2,5-7,14,16-18H2,3H3,(H,32,37). The highest BCUT2D eigenvalue weighted by molar-refractivity contribution is 6.01. The van der Waals surface area contributed by atoms with Crippen molar-refractivity contribution in [2.45, 2.75) is 50.8 Å². The third-order valence-electron chi connectivity index (χ3n) is 8.22. The summed E-state index contributed by atoms with van der Waals surface area (Å²) in [5.41, 5.74) is 9.12. The van der Waals surface area contributed by atoms with E-state index in [0.29, 0.717) is 37.6 Å². The van der Waals surface area contributed by atoms with Gasteiger partial charge >= 0.3 is 6.03 Å². The average Bonchev–Trinajstić information content (AvgIpc) is 3.30. The van der Waals surface area contributed by atoms with E-state index in [9.17, 15) is 14.7 Å². The number of carbonyl (C=O) groups is 2. The van der Waals surface area contributed by atoms with Crippen molar-refractivity contribution < 1.29 is 24.3 Å². The number of hydrogen-bond donors (Lipinski definition) is 3. The number of benzene rings is 2. The van der Waals surface area contributed by atoms with Gasteiger partial charge in [-0.15, -0.1) is 0 Å². The van der Waals surface area contributed by atoms with Crippen molar-refractivity contribution in [1.82, 2.24) is 19.8 Å². The van der Waals surface area contributed by atoms with Crippen molar-refractivity contribution in [3.63, 3.8) is 0 Å². The van der Waals surface area contributed by atoms with Gasteiger partial charge < -0.3 is 29.5 Å². The zero-order valence-electron chi connectivity index (χ0n) is 23.1. The van der Waals surface area contributed by atoms with Gasteiger partial charge in [0.2, 0.25) is 5.91 Å². The maximum Gasteiger partial charge on any atom is 0.322 e. The van der Waals surface area contributed by atoms with Crippen LogP contribution in [0.25, 0.3) is 16.6 Å². The number of aromatic nitrogens is 1. The Balaban J connectivity index is 1.31. The van der Waals surface area contributed by atoms with Crippen LogP contribution >= 0.6 is 0 Å². The number of carbonyl (C=O) groups excluding carboxylic acids is 2. The van der Waals surface area contributed by atoms with Gasteiger partial charge in [0.05, 0.1) is 17.8 Å². The number of aliphatic hydroxyl groups is 1. The molecular weight excluding hydrogens is 522 g/mol. The molecule has 0 saturated carbocycles. The molecule has 1 aromatic heterocycles. The van der Waals surface area contributed by atoms with E-state index in [1.165, 1.54) is 11.0 Å². The fourth-order valence-corrected chi connectivity index (χ4v) is 6.03. The summed E-state index contributed by atoms with van der Waals surface area (Å²) in [6, 6.07) is 13.7. The summed E-state index contributed by atoms with van der Waals surface area (Å²) in [6.45, 7) is 9.79. The summed E-state index contributed by atoms with van der Waals surface area (Å²) in [5, 5.41) is 14.9. The lowest BCUT2D eigenvalue weighted by molar-refractivity contribution is -0.184. The lowest BCUT2D eigenvalue weighted by Crippen LogP contribution is -2.58. The molecule has 3 atom stereocenters. The first-order chi connectivity index (χ1) is 19.8. The van der Waals surface area contributed by atoms with Crippen LogP contribution in [0.1, 0.15) is 47.6 Å². The molecule has 0 spiro atoms. The van der Waals surface area contributed by atoms with Gasteiger partial charge in [0.15, 0.2) is 6.29 Å². The predicted octanol–water partition coefficient (Wildman–Crippen LogP) is 4.12. The van der Waals surface area contributed by atoms with Gasteiger partial charge in [-0.25, -0.2) is 9.63 Å². The smallest absolute Gasteiger partial charge is 0.322 e. The number of rotatable bonds is 8. The van der Waals surface area contributed by atoms with Crippen LogP contribution in [-0.2, 0) is 27.5 Å². The molecule has 3 amide bonds. The molecule has 3 N–H and O–H groups in total. The summed E-state index contributed by atoms with van der Waals surface area (Å²) in [7, 11) is 1.64. The largest absolute Gasteiger partial charge is 0.373 e. The summed E-state index contributed by atoms with van der Waals surface area (Å²) >= 11 is 0. The van der Waals surface area contributed by atoms with Crippen molar-refractivity contribution in [1.29, 1.82) is 0 Å². The Morgan fingerprint density at radius 2 is 2.02 bits per heavy atom. The Morgan fingerprint density at radius 1 is 1.22 bits per heavy atom. The number of hydroxylamine groups is 1. The van der Waals surface area contributed by atoms with Crippen LogP contribution in [-0.4, -0.2) is 64.1 Å². The van der Waals surface area contributed by atoms with Crippen molar-refractivity contribution >= 4 is 34.2 Å². The number of aliphatic hydroxyl groups excluding tert-OH is 1. The van der Waals surface area contributed by atoms with E-state index in [1.54, 1.807) is 11.9 Å². The zero-order valence-corrected chi connectivity index (χ0v) is 23.1. The first-order valence-corrected chi connectivity index (χ1v) is 13.9. The van der Waals surface area contributed by atoms with Gasteiger partial charge in [-0.05, 0) is 47.7 Å². The second kappa shape index (κ2) is 11.0. The molecule has 4 heterocycles. The number of likely N-dealkylation sites (N-methyl/N-ethyl adjacent to an activating group) is 1. The Bertz CT molecular complexity index is 1510. The van der Waals surface area contributed by atoms with Gasteiger partial charge in [-0.2, -0.15) is 0 Å². The molecule has 2 fully saturated rings. The van der Waals surface area contributed by atoms with Crippen LogP contribution < -0.4 is 10.8 Å². The van der Waals surface area contributed by atoms with E-state index < -0.39 is 6.23 Å². The van der Waals surface area contributed by atoms with Crippen molar-refractivity contribution in [2.24, 2.45) is 0 Å². The number of anilines is 1. The predicted molar refractivity (Wildman–Crippen MR) is 155 cm³/mol. The number of nitrogens with zero attached hydrogens (tertiary/aromatic N) is 3. The Morgan fingerprint density at radius 3 is 2.76 bits per heavy atom. The molecule has 3 aromatic rings. The Labute approximate surface area is 238 Å². The van der Waals surface area contributed by atoms with Crippen LogP contribution in [0.15, 0.2) is 61.7 Å². The summed E-state index contributed by atoms with van der Waals surface area (Å²) in [6.07, 6.45) is 3.03. The molecule has 0 aliphatic carbocycles. The Hall–Kier alpha value is -4.12. The van der Waals surface area contributed by atoms with Crippen LogP contribution in [0.3, 0.4) is 0 Å². The highest BCUT2D eigenvalue weighted by atomic mass is 16.8. The molecule has 10 heteroatoms. The van der Waals surface area contributed by atoms with E-state index >= 15 is 0 Å². The highest BCUT2D eigenvalue weighted by Crippen LogP contribution is 2.42. The minimum Gasteiger partial charge on any atom is -0.373 e. The van der Waals surface area contributed by atoms with Crippen LogP contribution in [0.5, 0.6) is 0 Å². The van der Waals surface area contributed by atoms with Crippen LogP contribution in [0, 0.1) is 0 Å². The third kappa shape index (κ3) is 5.10. The maximum atomic E-state index is 12.9. The monoisotopic (exact) mass is 557 g/mol. The van der Waals surface area contributed by atoms with Gasteiger partial charge in [0.1, 0.15) is 6.23 Å². The molecule has 3 aliphatic rings. The molecule has 2 saturated heterocycles. The Kier molecular flexibility index (Phi) is 7.29. The summed E-state index contributed by atoms with van der Waals surface area (Å²) < 4.78 is 7.79. The first kappa shape index (κ1) is 27.1. The average molecular weight is 558 g/mol. The van der Waals surface area contributed by atoms with Crippen molar-refractivity contribution in [2.75, 3.05) is 25.5 Å². The molecule has 3 unspecified atom stereocenters. The number of ether oxygens (including phenoxy) is 1. The van der Waals surface area contributed by atoms with E-state index in [0.717, 1.165) is 52.5 Å².